The molecule has 1 saturated heterocycles. The van der Waals surface area contributed by atoms with E-state index in [2.05, 4.69) is 30.4 Å². The van der Waals surface area contributed by atoms with Crippen molar-refractivity contribution in [3.63, 3.8) is 0 Å². The van der Waals surface area contributed by atoms with E-state index in [9.17, 15) is 4.79 Å². The van der Waals surface area contributed by atoms with Gasteiger partial charge in [0.1, 0.15) is 5.82 Å². The van der Waals surface area contributed by atoms with Crippen molar-refractivity contribution in [3.8, 4) is 0 Å². The zero-order valence-electron chi connectivity index (χ0n) is 14.7. The first kappa shape index (κ1) is 16.7. The lowest BCUT2D eigenvalue weighted by atomic mass is 10.2. The van der Waals surface area contributed by atoms with E-state index in [0.29, 0.717) is 43.9 Å². The van der Waals surface area contributed by atoms with Crippen molar-refractivity contribution >= 4 is 17.7 Å². The Morgan fingerprint density at radius 3 is 2.38 bits per heavy atom. The van der Waals surface area contributed by atoms with Gasteiger partial charge in [0.05, 0.1) is 0 Å². The summed E-state index contributed by atoms with van der Waals surface area (Å²) in [6, 6.07) is 5.90. The topological polar surface area (TPSA) is 87.1 Å². The molecule has 1 N–H and O–H groups in total. The SMILES string of the molecule is O=C(c1ccc(NC2CCCC2)nn1)N1CCN(c2ncccn2)CC1. The highest BCUT2D eigenvalue weighted by Gasteiger charge is 2.24. The molecule has 0 atom stereocenters. The van der Waals surface area contributed by atoms with Gasteiger partial charge in [0.15, 0.2) is 5.69 Å². The van der Waals surface area contributed by atoms with Crippen LogP contribution in [-0.2, 0) is 0 Å². The largest absolute Gasteiger partial charge is 0.366 e. The third-order valence-electron chi connectivity index (χ3n) is 4.99. The fourth-order valence-corrected chi connectivity index (χ4v) is 3.53. The monoisotopic (exact) mass is 353 g/mol. The molecule has 8 nitrogen and oxygen atoms in total. The summed E-state index contributed by atoms with van der Waals surface area (Å²) >= 11 is 0. The van der Waals surface area contributed by atoms with E-state index in [1.807, 2.05) is 11.0 Å². The molecule has 2 aromatic rings. The Hall–Kier alpha value is -2.77. The number of anilines is 2. The van der Waals surface area contributed by atoms with E-state index in [4.69, 9.17) is 0 Å². The third kappa shape index (κ3) is 3.74. The Morgan fingerprint density at radius 2 is 1.73 bits per heavy atom. The van der Waals surface area contributed by atoms with Crippen molar-refractivity contribution in [3.05, 3.63) is 36.3 Å². The maximum Gasteiger partial charge on any atom is 0.274 e. The number of hydrogen-bond acceptors (Lipinski definition) is 7. The van der Waals surface area contributed by atoms with Crippen LogP contribution in [0.3, 0.4) is 0 Å². The molecule has 2 aliphatic rings. The van der Waals surface area contributed by atoms with Gasteiger partial charge < -0.3 is 15.1 Å². The normalized spacial score (nSPS) is 18.2. The molecule has 0 aromatic carbocycles. The Kier molecular flexibility index (Phi) is 4.90. The minimum Gasteiger partial charge on any atom is -0.366 e. The second-order valence-electron chi connectivity index (χ2n) is 6.76. The van der Waals surface area contributed by atoms with Crippen LogP contribution in [0.5, 0.6) is 0 Å². The van der Waals surface area contributed by atoms with Crippen LogP contribution in [0.1, 0.15) is 36.2 Å². The van der Waals surface area contributed by atoms with Gasteiger partial charge in [-0.05, 0) is 31.0 Å². The standard InChI is InChI=1S/C18H23N7O/c26-17(15-6-7-16(23-22-15)21-14-4-1-2-5-14)24-10-12-25(13-11-24)18-19-8-3-9-20-18/h3,6-9,14H,1-2,4-5,10-13H2,(H,21,23). The summed E-state index contributed by atoms with van der Waals surface area (Å²) in [7, 11) is 0. The van der Waals surface area contributed by atoms with Gasteiger partial charge in [0.25, 0.3) is 5.91 Å². The van der Waals surface area contributed by atoms with Crippen LogP contribution in [0, 0.1) is 0 Å². The lowest BCUT2D eigenvalue weighted by molar-refractivity contribution is 0.0739. The van der Waals surface area contributed by atoms with Crippen molar-refractivity contribution in [2.45, 2.75) is 31.7 Å². The van der Waals surface area contributed by atoms with Crippen molar-refractivity contribution in [2.24, 2.45) is 0 Å². The van der Waals surface area contributed by atoms with Crippen LogP contribution in [0.4, 0.5) is 11.8 Å². The van der Waals surface area contributed by atoms with Gasteiger partial charge in [-0.1, -0.05) is 12.8 Å². The number of nitrogens with one attached hydrogen (secondary N) is 1. The number of nitrogens with zero attached hydrogens (tertiary/aromatic N) is 6. The van der Waals surface area contributed by atoms with E-state index in [0.717, 1.165) is 5.82 Å². The van der Waals surface area contributed by atoms with Crippen molar-refractivity contribution in [2.75, 3.05) is 36.4 Å². The van der Waals surface area contributed by atoms with Gasteiger partial charge in [-0.25, -0.2) is 9.97 Å². The Balaban J connectivity index is 1.33. The molecule has 0 spiro atoms. The number of rotatable bonds is 4. The van der Waals surface area contributed by atoms with Crippen LogP contribution < -0.4 is 10.2 Å². The predicted molar refractivity (Wildman–Crippen MR) is 98.1 cm³/mol. The van der Waals surface area contributed by atoms with Crippen LogP contribution in [0.2, 0.25) is 0 Å². The molecule has 2 aromatic heterocycles. The first-order chi connectivity index (χ1) is 12.8. The molecule has 4 rings (SSSR count). The number of aromatic nitrogens is 4. The number of carbonyl (C=O) groups is 1. The number of piperazine rings is 1. The summed E-state index contributed by atoms with van der Waals surface area (Å²) in [5.41, 5.74) is 0.395. The average molecular weight is 353 g/mol. The molecular weight excluding hydrogens is 330 g/mol. The summed E-state index contributed by atoms with van der Waals surface area (Å²) in [6.07, 6.45) is 8.35. The molecule has 0 bridgehead atoms. The number of carbonyl (C=O) groups excluding carboxylic acids is 1. The zero-order chi connectivity index (χ0) is 17.8. The smallest absolute Gasteiger partial charge is 0.274 e. The fraction of sp³-hybridized carbons (Fsp3) is 0.500. The molecule has 3 heterocycles. The van der Waals surface area contributed by atoms with Crippen LogP contribution in [0.25, 0.3) is 0 Å². The number of hydrogen-bond donors (Lipinski definition) is 1. The van der Waals surface area contributed by atoms with Crippen LogP contribution >= 0.6 is 0 Å². The molecule has 1 saturated carbocycles. The van der Waals surface area contributed by atoms with E-state index in [1.165, 1.54) is 25.7 Å². The van der Waals surface area contributed by atoms with Gasteiger partial charge in [-0.15, -0.1) is 10.2 Å². The van der Waals surface area contributed by atoms with E-state index in [-0.39, 0.29) is 5.91 Å². The third-order valence-corrected chi connectivity index (χ3v) is 4.99. The molecule has 26 heavy (non-hydrogen) atoms. The maximum atomic E-state index is 12.7. The van der Waals surface area contributed by atoms with Gasteiger partial charge >= 0.3 is 0 Å². The highest BCUT2D eigenvalue weighted by Crippen LogP contribution is 2.21. The summed E-state index contributed by atoms with van der Waals surface area (Å²) in [5.74, 6) is 1.39. The summed E-state index contributed by atoms with van der Waals surface area (Å²) in [5, 5.41) is 11.7. The highest BCUT2D eigenvalue weighted by atomic mass is 16.2. The van der Waals surface area contributed by atoms with E-state index >= 15 is 0 Å². The van der Waals surface area contributed by atoms with Gasteiger partial charge in [-0.2, -0.15) is 0 Å². The van der Waals surface area contributed by atoms with Crippen molar-refractivity contribution in [1.29, 1.82) is 0 Å². The van der Waals surface area contributed by atoms with Crippen molar-refractivity contribution < 1.29 is 4.79 Å². The van der Waals surface area contributed by atoms with Crippen LogP contribution in [-0.4, -0.2) is 63.2 Å². The molecule has 1 amide bonds. The highest BCUT2D eigenvalue weighted by molar-refractivity contribution is 5.92. The first-order valence-electron chi connectivity index (χ1n) is 9.21. The average Bonchev–Trinajstić information content (AvgIpc) is 3.22. The Morgan fingerprint density at radius 1 is 1.00 bits per heavy atom. The molecule has 0 unspecified atom stereocenters. The molecule has 0 radical (unpaired) electrons. The van der Waals surface area contributed by atoms with Gasteiger partial charge in [0, 0.05) is 44.6 Å². The molecule has 2 fully saturated rings. The van der Waals surface area contributed by atoms with Gasteiger partial charge in [0.2, 0.25) is 5.95 Å². The molecule has 1 aliphatic carbocycles. The molecule has 1 aliphatic heterocycles. The first-order valence-corrected chi connectivity index (χ1v) is 9.21. The van der Waals surface area contributed by atoms with Crippen molar-refractivity contribution in [1.82, 2.24) is 25.1 Å². The zero-order valence-corrected chi connectivity index (χ0v) is 14.7. The van der Waals surface area contributed by atoms with E-state index in [1.54, 1.807) is 24.5 Å². The lowest BCUT2D eigenvalue weighted by Crippen LogP contribution is -2.49. The fourth-order valence-electron chi connectivity index (χ4n) is 3.53. The predicted octanol–water partition coefficient (Wildman–Crippen LogP) is 1.58. The summed E-state index contributed by atoms with van der Waals surface area (Å²) < 4.78 is 0. The Bertz CT molecular complexity index is 723. The second kappa shape index (κ2) is 7.63. The summed E-state index contributed by atoms with van der Waals surface area (Å²) in [6.45, 7) is 2.68. The molecule has 8 heteroatoms. The Labute approximate surface area is 152 Å². The second-order valence-corrected chi connectivity index (χ2v) is 6.76. The maximum absolute atomic E-state index is 12.7. The quantitative estimate of drug-likeness (QED) is 0.893. The minimum absolute atomic E-state index is 0.0708. The summed E-state index contributed by atoms with van der Waals surface area (Å²) in [4.78, 5) is 25.1. The van der Waals surface area contributed by atoms with Crippen LogP contribution in [0.15, 0.2) is 30.6 Å². The van der Waals surface area contributed by atoms with E-state index < -0.39 is 0 Å². The molecule has 136 valence electrons. The lowest BCUT2D eigenvalue weighted by Gasteiger charge is -2.34. The molecular formula is C18H23N7O. The van der Waals surface area contributed by atoms with Gasteiger partial charge in [-0.3, -0.25) is 4.79 Å². The number of amides is 1. The minimum atomic E-state index is -0.0708.